The predicted octanol–water partition coefficient (Wildman–Crippen LogP) is 4.97. The van der Waals surface area contributed by atoms with Crippen molar-refractivity contribution in [3.8, 4) is 5.75 Å². The van der Waals surface area contributed by atoms with Crippen molar-refractivity contribution in [3.63, 3.8) is 0 Å². The second-order valence-electron chi connectivity index (χ2n) is 5.64. The van der Waals surface area contributed by atoms with E-state index in [1.807, 2.05) is 18.3 Å². The maximum atomic E-state index is 5.84. The number of hydrogen-bond acceptors (Lipinski definition) is 3. The number of allylic oxidation sites excluding steroid dienone is 2. The van der Waals surface area contributed by atoms with Crippen LogP contribution in [-0.2, 0) is 0 Å². The average molecular weight is 297 g/mol. The fraction of sp³-hybridized carbons (Fsp3) is 0.333. The van der Waals surface area contributed by atoms with Crippen molar-refractivity contribution >= 4 is 17.0 Å². The van der Waals surface area contributed by atoms with Crippen molar-refractivity contribution in [2.24, 2.45) is 5.92 Å². The van der Waals surface area contributed by atoms with Crippen molar-refractivity contribution in [2.75, 3.05) is 11.9 Å². The Morgan fingerprint density at radius 3 is 3.05 bits per heavy atom. The van der Waals surface area contributed by atoms with Crippen LogP contribution in [0.4, 0.5) is 5.69 Å². The first-order chi connectivity index (χ1) is 10.4. The minimum absolute atomic E-state index is 0.388. The molecule has 0 amide bonds. The van der Waals surface area contributed by atoms with Crippen molar-refractivity contribution in [1.82, 2.24) is 0 Å². The Kier molecular flexibility index (Phi) is 3.23. The van der Waals surface area contributed by atoms with Gasteiger partial charge in [0.2, 0.25) is 0 Å². The molecule has 0 saturated heterocycles. The number of rotatable bonds is 3. The minimum Gasteiger partial charge on any atom is -0.492 e. The van der Waals surface area contributed by atoms with Crippen LogP contribution in [0.25, 0.3) is 0 Å². The molecule has 0 bridgehead atoms. The van der Waals surface area contributed by atoms with Gasteiger partial charge in [0.05, 0.1) is 18.3 Å². The van der Waals surface area contributed by atoms with Crippen LogP contribution in [-0.4, -0.2) is 6.61 Å². The van der Waals surface area contributed by atoms with Crippen LogP contribution in [0.15, 0.2) is 47.9 Å². The fourth-order valence-electron chi connectivity index (χ4n) is 3.62. The van der Waals surface area contributed by atoms with Gasteiger partial charge in [-0.2, -0.15) is 0 Å². The maximum Gasteiger partial charge on any atom is 0.142 e. The van der Waals surface area contributed by atoms with Gasteiger partial charge >= 0.3 is 0 Å². The van der Waals surface area contributed by atoms with E-state index in [9.17, 15) is 0 Å². The molecule has 108 valence electrons. The largest absolute Gasteiger partial charge is 0.492 e. The first kappa shape index (κ1) is 13.0. The van der Waals surface area contributed by atoms with E-state index >= 15 is 0 Å². The maximum absolute atomic E-state index is 5.84. The summed E-state index contributed by atoms with van der Waals surface area (Å²) < 4.78 is 5.84. The van der Waals surface area contributed by atoms with E-state index < -0.39 is 0 Å². The molecule has 3 unspecified atom stereocenters. The number of fused-ring (bicyclic) bond motifs is 3. The molecule has 0 saturated carbocycles. The molecular weight excluding hydrogens is 278 g/mol. The van der Waals surface area contributed by atoms with Gasteiger partial charge in [0.1, 0.15) is 5.75 Å². The fourth-order valence-corrected chi connectivity index (χ4v) is 4.47. The molecule has 0 radical (unpaired) electrons. The topological polar surface area (TPSA) is 21.3 Å². The summed E-state index contributed by atoms with van der Waals surface area (Å²) in [7, 11) is 0. The molecule has 1 aromatic carbocycles. The molecule has 3 heteroatoms. The molecule has 1 aromatic heterocycles. The van der Waals surface area contributed by atoms with Crippen LogP contribution in [0.1, 0.15) is 35.7 Å². The first-order valence-electron chi connectivity index (χ1n) is 7.60. The molecule has 4 rings (SSSR count). The number of benzene rings is 1. The summed E-state index contributed by atoms with van der Waals surface area (Å²) in [6.45, 7) is 2.74. The molecule has 1 aliphatic carbocycles. The number of thiophene rings is 1. The average Bonchev–Trinajstić information content (AvgIpc) is 3.19. The lowest BCUT2D eigenvalue weighted by molar-refractivity contribution is 0.337. The van der Waals surface area contributed by atoms with E-state index in [4.69, 9.17) is 4.74 Å². The first-order valence-corrected chi connectivity index (χ1v) is 8.48. The summed E-state index contributed by atoms with van der Waals surface area (Å²) in [5.74, 6) is 2.11. The Hall–Kier alpha value is -1.74. The van der Waals surface area contributed by atoms with Crippen LogP contribution in [0.3, 0.4) is 0 Å². The molecule has 2 nitrogen and oxygen atoms in total. The highest BCUT2D eigenvalue weighted by atomic mass is 32.1. The van der Waals surface area contributed by atoms with E-state index in [0.29, 0.717) is 24.5 Å². The molecule has 3 atom stereocenters. The highest BCUT2D eigenvalue weighted by Crippen LogP contribution is 2.52. The Labute approximate surface area is 129 Å². The third kappa shape index (κ3) is 2.07. The molecule has 2 aromatic rings. The van der Waals surface area contributed by atoms with Gasteiger partial charge in [0.15, 0.2) is 0 Å². The molecule has 2 heterocycles. The highest BCUT2D eigenvalue weighted by Gasteiger charge is 2.39. The Balaban J connectivity index is 1.81. The van der Waals surface area contributed by atoms with E-state index in [0.717, 1.165) is 12.2 Å². The molecule has 0 spiro atoms. The van der Waals surface area contributed by atoms with Gasteiger partial charge in [0, 0.05) is 10.8 Å². The molecule has 0 fully saturated rings. The summed E-state index contributed by atoms with van der Waals surface area (Å²) in [5.41, 5.74) is 2.57. The predicted molar refractivity (Wildman–Crippen MR) is 88.3 cm³/mol. The molecular formula is C18H19NOS. The number of ether oxygens (including phenoxy) is 1. The summed E-state index contributed by atoms with van der Waals surface area (Å²) in [6.07, 6.45) is 5.86. The van der Waals surface area contributed by atoms with Gasteiger partial charge in [0.25, 0.3) is 0 Å². The zero-order chi connectivity index (χ0) is 14.2. The van der Waals surface area contributed by atoms with Gasteiger partial charge in [-0.3, -0.25) is 0 Å². The lowest BCUT2D eigenvalue weighted by Crippen LogP contribution is -2.28. The Morgan fingerprint density at radius 1 is 1.29 bits per heavy atom. The van der Waals surface area contributed by atoms with E-state index in [-0.39, 0.29) is 0 Å². The van der Waals surface area contributed by atoms with E-state index in [2.05, 4.69) is 53.2 Å². The lowest BCUT2D eigenvalue weighted by atomic mass is 9.79. The summed E-state index contributed by atoms with van der Waals surface area (Å²) in [5, 5.41) is 5.93. The van der Waals surface area contributed by atoms with Crippen LogP contribution < -0.4 is 10.1 Å². The number of nitrogens with one attached hydrogen (secondary N) is 1. The van der Waals surface area contributed by atoms with E-state index in [1.54, 1.807) is 0 Å². The quantitative estimate of drug-likeness (QED) is 0.807. The number of hydrogen-bond donors (Lipinski definition) is 1. The van der Waals surface area contributed by atoms with Crippen LogP contribution in [0.5, 0.6) is 5.75 Å². The smallest absolute Gasteiger partial charge is 0.142 e. The standard InChI is InChI=1S/C18H19NOS/c1-2-20-15-9-4-8-13-12-6-3-7-14(12)18(19-17(13)15)16-10-5-11-21-16/h3-6,8-12,14,18-19H,2,7H2,1H3. The third-order valence-corrected chi connectivity index (χ3v) is 5.46. The van der Waals surface area contributed by atoms with Gasteiger partial charge in [-0.15, -0.1) is 11.3 Å². The SMILES string of the molecule is CCOc1cccc2c1NC(c1cccs1)C1CC=CC21. The van der Waals surface area contributed by atoms with Gasteiger partial charge in [-0.1, -0.05) is 30.4 Å². The molecule has 21 heavy (non-hydrogen) atoms. The van der Waals surface area contributed by atoms with Crippen molar-refractivity contribution in [3.05, 3.63) is 58.3 Å². The van der Waals surface area contributed by atoms with Crippen LogP contribution >= 0.6 is 11.3 Å². The van der Waals surface area contributed by atoms with Crippen molar-refractivity contribution in [1.29, 1.82) is 0 Å². The second kappa shape index (κ2) is 5.23. The lowest BCUT2D eigenvalue weighted by Gasteiger charge is -2.37. The normalized spacial score (nSPS) is 26.0. The van der Waals surface area contributed by atoms with Gasteiger partial charge in [-0.05, 0) is 42.3 Å². The molecule has 1 N–H and O–H groups in total. The second-order valence-corrected chi connectivity index (χ2v) is 6.62. The van der Waals surface area contributed by atoms with E-state index in [1.165, 1.54) is 16.1 Å². The highest BCUT2D eigenvalue weighted by molar-refractivity contribution is 7.10. The molecule has 2 aliphatic rings. The monoisotopic (exact) mass is 297 g/mol. The van der Waals surface area contributed by atoms with Crippen molar-refractivity contribution in [2.45, 2.75) is 25.3 Å². The number of para-hydroxylation sites is 1. The zero-order valence-electron chi connectivity index (χ0n) is 12.1. The van der Waals surface area contributed by atoms with Gasteiger partial charge < -0.3 is 10.1 Å². The van der Waals surface area contributed by atoms with Crippen LogP contribution in [0.2, 0.25) is 0 Å². The third-order valence-electron chi connectivity index (χ3n) is 4.51. The summed E-state index contributed by atoms with van der Waals surface area (Å²) in [6, 6.07) is 11.2. The summed E-state index contributed by atoms with van der Waals surface area (Å²) in [4.78, 5) is 1.42. The summed E-state index contributed by atoms with van der Waals surface area (Å²) >= 11 is 1.84. The Morgan fingerprint density at radius 2 is 2.24 bits per heavy atom. The zero-order valence-corrected chi connectivity index (χ0v) is 12.9. The number of anilines is 1. The van der Waals surface area contributed by atoms with Gasteiger partial charge in [-0.25, -0.2) is 0 Å². The van der Waals surface area contributed by atoms with Crippen molar-refractivity contribution < 1.29 is 4.74 Å². The van der Waals surface area contributed by atoms with Crippen LogP contribution in [0, 0.1) is 5.92 Å². The molecule has 1 aliphatic heterocycles. The Bertz CT molecular complexity index is 662. The minimum atomic E-state index is 0.388.